The Kier molecular flexibility index (Phi) is 5.03. The normalized spacial score (nSPS) is 10.7. The first-order valence-corrected chi connectivity index (χ1v) is 7.79. The number of aromatic nitrogens is 3. The smallest absolute Gasteiger partial charge is 0.269 e. The number of hydrogen-bond acceptors (Lipinski definition) is 7. The first kappa shape index (κ1) is 17.4. The molecule has 0 N–H and O–H groups in total. The highest BCUT2D eigenvalue weighted by molar-refractivity contribution is 6.42. The largest absolute Gasteiger partial charge is 0.466 e. The molecule has 0 atom stereocenters. The van der Waals surface area contributed by atoms with Gasteiger partial charge >= 0.3 is 0 Å². The van der Waals surface area contributed by atoms with E-state index < -0.39 is 4.92 Å². The van der Waals surface area contributed by atoms with Crippen LogP contribution in [-0.4, -0.2) is 20.1 Å². The Labute approximate surface area is 155 Å². The molecule has 0 bridgehead atoms. The predicted octanol–water partition coefficient (Wildman–Crippen LogP) is 4.58. The molecule has 0 aliphatic heterocycles. The lowest BCUT2D eigenvalue weighted by Crippen LogP contribution is -1.98. The van der Waals surface area contributed by atoms with E-state index in [1.54, 1.807) is 0 Å². The van der Waals surface area contributed by atoms with Gasteiger partial charge in [-0.2, -0.15) is 4.98 Å². The first-order chi connectivity index (χ1) is 11.9. The molecule has 0 saturated heterocycles. The first-order valence-electron chi connectivity index (χ1n) is 6.65. The van der Waals surface area contributed by atoms with Crippen molar-refractivity contribution in [2.24, 2.45) is 0 Å². The van der Waals surface area contributed by atoms with Crippen molar-refractivity contribution in [2.75, 3.05) is 0 Å². The molecule has 0 spiro atoms. The topological polar surface area (TPSA) is 104 Å². The molecule has 0 saturated carbocycles. The van der Waals surface area contributed by atoms with Crippen LogP contribution in [0.3, 0.4) is 0 Å². The Morgan fingerprint density at radius 2 is 1.84 bits per heavy atom. The van der Waals surface area contributed by atoms with Gasteiger partial charge in [-0.3, -0.25) is 10.1 Å². The fourth-order valence-electron chi connectivity index (χ4n) is 1.81. The second-order valence-electron chi connectivity index (χ2n) is 4.64. The molecule has 11 heteroatoms. The monoisotopic (exact) mass is 400 g/mol. The summed E-state index contributed by atoms with van der Waals surface area (Å²) in [7, 11) is 0. The zero-order chi connectivity index (χ0) is 18.0. The van der Waals surface area contributed by atoms with Gasteiger partial charge in [0.25, 0.3) is 11.6 Å². The standard InChI is InChI=1S/C14H7Cl3N4O4/c15-9-5-10(16)14(18-12(9)17)24-6-11-19-20-13(25-11)7-1-3-8(4-2-7)21(22)23/h1-5H,6H2. The number of pyridine rings is 1. The third kappa shape index (κ3) is 3.98. The van der Waals surface area contributed by atoms with Crippen LogP contribution in [0.5, 0.6) is 5.88 Å². The molecule has 2 heterocycles. The zero-order valence-corrected chi connectivity index (χ0v) is 14.4. The highest BCUT2D eigenvalue weighted by atomic mass is 35.5. The summed E-state index contributed by atoms with van der Waals surface area (Å²) in [4.78, 5) is 14.1. The quantitative estimate of drug-likeness (QED) is 0.350. The van der Waals surface area contributed by atoms with Crippen LogP contribution in [-0.2, 0) is 6.61 Å². The number of non-ortho nitro benzene ring substituents is 1. The van der Waals surface area contributed by atoms with Crippen LogP contribution in [0.15, 0.2) is 34.7 Å². The molecule has 0 aliphatic carbocycles. The lowest BCUT2D eigenvalue weighted by molar-refractivity contribution is -0.384. The molecule has 0 aliphatic rings. The minimum Gasteiger partial charge on any atom is -0.466 e. The highest BCUT2D eigenvalue weighted by Gasteiger charge is 2.14. The van der Waals surface area contributed by atoms with Gasteiger partial charge in [0.15, 0.2) is 11.8 Å². The summed E-state index contributed by atoms with van der Waals surface area (Å²) in [6.07, 6.45) is 0. The average molecular weight is 402 g/mol. The third-order valence-corrected chi connectivity index (χ3v) is 3.92. The second-order valence-corrected chi connectivity index (χ2v) is 5.81. The van der Waals surface area contributed by atoms with Gasteiger partial charge in [0.2, 0.25) is 11.8 Å². The number of halogens is 3. The van der Waals surface area contributed by atoms with Crippen LogP contribution in [0, 0.1) is 10.1 Å². The van der Waals surface area contributed by atoms with Crippen molar-refractivity contribution >= 4 is 40.5 Å². The molecule has 0 unspecified atom stereocenters. The highest BCUT2D eigenvalue weighted by Crippen LogP contribution is 2.31. The number of benzene rings is 1. The molecule has 25 heavy (non-hydrogen) atoms. The summed E-state index contributed by atoms with van der Waals surface area (Å²) < 4.78 is 10.8. The van der Waals surface area contributed by atoms with Crippen LogP contribution >= 0.6 is 34.8 Å². The molecule has 128 valence electrons. The van der Waals surface area contributed by atoms with Crippen molar-refractivity contribution in [1.82, 2.24) is 15.2 Å². The lowest BCUT2D eigenvalue weighted by Gasteiger charge is -2.05. The Bertz CT molecular complexity index is 930. The van der Waals surface area contributed by atoms with Crippen molar-refractivity contribution in [2.45, 2.75) is 6.61 Å². The van der Waals surface area contributed by atoms with E-state index in [1.807, 2.05) is 0 Å². The number of nitro benzene ring substituents is 1. The zero-order valence-electron chi connectivity index (χ0n) is 12.1. The van der Waals surface area contributed by atoms with Gasteiger partial charge in [0, 0.05) is 17.7 Å². The van der Waals surface area contributed by atoms with Gasteiger partial charge in [-0.25, -0.2) is 0 Å². The van der Waals surface area contributed by atoms with E-state index in [9.17, 15) is 10.1 Å². The van der Waals surface area contributed by atoms with Gasteiger partial charge in [-0.05, 0) is 18.2 Å². The Morgan fingerprint density at radius 1 is 1.12 bits per heavy atom. The Hall–Kier alpha value is -2.42. The molecular formula is C14H7Cl3N4O4. The molecule has 0 fully saturated rings. The number of nitrogens with zero attached hydrogens (tertiary/aromatic N) is 4. The van der Waals surface area contributed by atoms with E-state index in [0.29, 0.717) is 5.56 Å². The summed E-state index contributed by atoms with van der Waals surface area (Å²) in [5.41, 5.74) is 0.502. The summed E-state index contributed by atoms with van der Waals surface area (Å²) >= 11 is 17.6. The van der Waals surface area contributed by atoms with Crippen molar-refractivity contribution in [1.29, 1.82) is 0 Å². The molecule has 3 aromatic rings. The van der Waals surface area contributed by atoms with Crippen molar-refractivity contribution < 1.29 is 14.1 Å². The van der Waals surface area contributed by atoms with Crippen molar-refractivity contribution in [3.63, 3.8) is 0 Å². The predicted molar refractivity (Wildman–Crippen MR) is 90.0 cm³/mol. The van der Waals surface area contributed by atoms with Crippen molar-refractivity contribution in [3.05, 3.63) is 61.5 Å². The van der Waals surface area contributed by atoms with E-state index in [4.69, 9.17) is 44.0 Å². The molecule has 0 radical (unpaired) electrons. The molecule has 1 aromatic carbocycles. The van der Waals surface area contributed by atoms with Crippen molar-refractivity contribution in [3.8, 4) is 17.3 Å². The summed E-state index contributed by atoms with van der Waals surface area (Å²) in [6, 6.07) is 7.11. The third-order valence-electron chi connectivity index (χ3n) is 2.98. The van der Waals surface area contributed by atoms with Gasteiger partial charge in [-0.15, -0.1) is 10.2 Å². The minimum atomic E-state index is -0.495. The molecule has 0 amide bonds. The molecular weight excluding hydrogens is 395 g/mol. The van der Waals surface area contributed by atoms with E-state index in [2.05, 4.69) is 15.2 Å². The summed E-state index contributed by atoms with van der Waals surface area (Å²) in [5.74, 6) is 0.435. The number of rotatable bonds is 5. The maximum Gasteiger partial charge on any atom is 0.269 e. The van der Waals surface area contributed by atoms with Crippen LogP contribution in [0.25, 0.3) is 11.5 Å². The van der Waals surface area contributed by atoms with E-state index in [1.165, 1.54) is 30.3 Å². The van der Waals surface area contributed by atoms with Crippen LogP contribution in [0.4, 0.5) is 5.69 Å². The van der Waals surface area contributed by atoms with Gasteiger partial charge < -0.3 is 9.15 Å². The van der Waals surface area contributed by atoms with Crippen LogP contribution in [0.2, 0.25) is 15.2 Å². The van der Waals surface area contributed by atoms with Crippen LogP contribution < -0.4 is 4.74 Å². The maximum atomic E-state index is 10.6. The van der Waals surface area contributed by atoms with E-state index >= 15 is 0 Å². The van der Waals surface area contributed by atoms with Gasteiger partial charge in [0.05, 0.1) is 9.95 Å². The number of ether oxygens (including phenoxy) is 1. The van der Waals surface area contributed by atoms with E-state index in [-0.39, 0.29) is 45.2 Å². The lowest BCUT2D eigenvalue weighted by atomic mass is 10.2. The summed E-state index contributed by atoms with van der Waals surface area (Å²) in [6.45, 7) is -0.0926. The molecule has 2 aromatic heterocycles. The maximum absolute atomic E-state index is 10.6. The van der Waals surface area contributed by atoms with Crippen LogP contribution in [0.1, 0.15) is 5.89 Å². The second kappa shape index (κ2) is 7.22. The minimum absolute atomic E-state index is 0.0350. The molecule has 8 nitrogen and oxygen atoms in total. The summed E-state index contributed by atoms with van der Waals surface area (Å²) in [5, 5.41) is 18.8. The number of hydrogen-bond donors (Lipinski definition) is 0. The number of nitro groups is 1. The van der Waals surface area contributed by atoms with Gasteiger partial charge in [-0.1, -0.05) is 34.8 Å². The fourth-order valence-corrected chi connectivity index (χ4v) is 2.36. The Morgan fingerprint density at radius 3 is 2.52 bits per heavy atom. The van der Waals surface area contributed by atoms with E-state index in [0.717, 1.165) is 0 Å². The Balaban J connectivity index is 1.72. The molecule has 3 rings (SSSR count). The average Bonchev–Trinajstić information content (AvgIpc) is 3.06. The SMILES string of the molecule is O=[N+]([O-])c1ccc(-c2nnc(COc3nc(Cl)c(Cl)cc3Cl)o2)cc1. The van der Waals surface area contributed by atoms with Gasteiger partial charge in [0.1, 0.15) is 5.02 Å². The fraction of sp³-hybridized carbons (Fsp3) is 0.0714.